The van der Waals surface area contributed by atoms with E-state index in [2.05, 4.69) is 31.9 Å². The summed E-state index contributed by atoms with van der Waals surface area (Å²) >= 11 is 1.72. The molecule has 1 aromatic heterocycles. The van der Waals surface area contributed by atoms with Gasteiger partial charge in [-0.3, -0.25) is 14.6 Å². The summed E-state index contributed by atoms with van der Waals surface area (Å²) in [5.41, 5.74) is 1.12. The van der Waals surface area contributed by atoms with E-state index < -0.39 is 5.54 Å². The lowest BCUT2D eigenvalue weighted by molar-refractivity contribution is -0.132. The fourth-order valence-electron chi connectivity index (χ4n) is 4.45. The number of benzene rings is 2. The predicted octanol–water partition coefficient (Wildman–Crippen LogP) is 3.44. The molecule has 0 unspecified atom stereocenters. The second kappa shape index (κ2) is 8.07. The average Bonchev–Trinajstić information content (AvgIpc) is 3.37. The number of carbonyl (C=O) groups is 2. The number of fused-ring (bicyclic) bond motifs is 1. The van der Waals surface area contributed by atoms with Crippen LogP contribution in [-0.2, 0) is 16.9 Å². The van der Waals surface area contributed by atoms with Crippen LogP contribution in [0.15, 0.2) is 59.3 Å². The number of thiophene rings is 1. The molecule has 160 valence electrons. The van der Waals surface area contributed by atoms with E-state index in [1.54, 1.807) is 18.3 Å². The third kappa shape index (κ3) is 3.84. The lowest BCUT2D eigenvalue weighted by Gasteiger charge is -2.36. The van der Waals surface area contributed by atoms with Crippen molar-refractivity contribution in [3.63, 3.8) is 0 Å². The van der Waals surface area contributed by atoms with Crippen molar-refractivity contribution in [1.82, 2.24) is 20.0 Å². The number of amides is 3. The fraction of sp³-hybridized carbons (Fsp3) is 0.333. The lowest BCUT2D eigenvalue weighted by atomic mass is 9.90. The van der Waals surface area contributed by atoms with Gasteiger partial charge in [-0.15, -0.1) is 0 Å². The quantitative estimate of drug-likeness (QED) is 0.625. The Balaban J connectivity index is 1.26. The zero-order valence-corrected chi connectivity index (χ0v) is 18.4. The molecule has 1 N–H and O–H groups in total. The minimum atomic E-state index is -1.04. The molecule has 2 fully saturated rings. The monoisotopic (exact) mass is 434 g/mol. The first-order valence-corrected chi connectivity index (χ1v) is 11.6. The van der Waals surface area contributed by atoms with Crippen molar-refractivity contribution >= 4 is 34.0 Å². The van der Waals surface area contributed by atoms with Crippen LogP contribution in [0.25, 0.3) is 10.8 Å². The van der Waals surface area contributed by atoms with Crippen molar-refractivity contribution in [3.8, 4) is 0 Å². The zero-order chi connectivity index (χ0) is 21.4. The summed E-state index contributed by atoms with van der Waals surface area (Å²) in [6.07, 6.45) is 0. The molecule has 0 spiro atoms. The highest BCUT2D eigenvalue weighted by molar-refractivity contribution is 7.07. The fourth-order valence-corrected chi connectivity index (χ4v) is 5.11. The van der Waals surface area contributed by atoms with Crippen molar-refractivity contribution in [1.29, 1.82) is 0 Å². The van der Waals surface area contributed by atoms with Gasteiger partial charge in [-0.05, 0) is 51.7 Å². The van der Waals surface area contributed by atoms with Gasteiger partial charge in [0.1, 0.15) is 5.54 Å². The van der Waals surface area contributed by atoms with Crippen molar-refractivity contribution < 1.29 is 9.59 Å². The van der Waals surface area contributed by atoms with Gasteiger partial charge in [0, 0.05) is 32.7 Å². The number of hydrogen-bond acceptors (Lipinski definition) is 5. The summed E-state index contributed by atoms with van der Waals surface area (Å²) in [6, 6.07) is 15.8. The molecule has 2 aliphatic rings. The van der Waals surface area contributed by atoms with E-state index in [-0.39, 0.29) is 11.9 Å². The van der Waals surface area contributed by atoms with Crippen LogP contribution in [-0.4, -0.2) is 59.5 Å². The predicted molar refractivity (Wildman–Crippen MR) is 123 cm³/mol. The number of carbonyl (C=O) groups excluding carboxylic acids is 2. The molecular weight excluding hydrogens is 408 g/mol. The summed E-state index contributed by atoms with van der Waals surface area (Å²) in [4.78, 5) is 32.0. The topological polar surface area (TPSA) is 55.9 Å². The van der Waals surface area contributed by atoms with Crippen LogP contribution in [0.2, 0.25) is 0 Å². The van der Waals surface area contributed by atoms with Gasteiger partial charge < -0.3 is 5.32 Å². The maximum absolute atomic E-state index is 13.3. The molecule has 3 heterocycles. The van der Waals surface area contributed by atoms with Gasteiger partial charge in [0.05, 0.1) is 6.67 Å². The van der Waals surface area contributed by atoms with E-state index in [0.717, 1.165) is 49.1 Å². The number of rotatable bonds is 5. The number of urea groups is 1. The number of piperazine rings is 1. The van der Waals surface area contributed by atoms with Crippen LogP contribution < -0.4 is 5.32 Å². The number of nitrogens with one attached hydrogen (secondary N) is 1. The van der Waals surface area contributed by atoms with Gasteiger partial charge in [-0.1, -0.05) is 36.4 Å². The van der Waals surface area contributed by atoms with E-state index in [9.17, 15) is 9.59 Å². The largest absolute Gasteiger partial charge is 0.326 e. The molecule has 2 aromatic carbocycles. The Hall–Kier alpha value is -2.74. The molecule has 3 aromatic rings. The SMILES string of the molecule is C[C@@]1(c2ccc3ccccc3c2)NC(=O)N(CN2CCN(Cc3ccsc3)CC2)C1=O. The van der Waals surface area contributed by atoms with Crippen LogP contribution in [0.5, 0.6) is 0 Å². The highest BCUT2D eigenvalue weighted by atomic mass is 32.1. The normalized spacial score (nSPS) is 22.9. The van der Waals surface area contributed by atoms with Crippen molar-refractivity contribution in [2.45, 2.75) is 19.0 Å². The van der Waals surface area contributed by atoms with Crippen LogP contribution in [0.3, 0.4) is 0 Å². The van der Waals surface area contributed by atoms with Gasteiger partial charge in [-0.2, -0.15) is 11.3 Å². The molecule has 31 heavy (non-hydrogen) atoms. The van der Waals surface area contributed by atoms with E-state index in [1.807, 2.05) is 42.5 Å². The average molecular weight is 435 g/mol. The van der Waals surface area contributed by atoms with Crippen LogP contribution in [0, 0.1) is 0 Å². The van der Waals surface area contributed by atoms with Gasteiger partial charge in [0.15, 0.2) is 0 Å². The molecule has 1 atom stereocenters. The van der Waals surface area contributed by atoms with Gasteiger partial charge in [0.2, 0.25) is 0 Å². The Morgan fingerprint density at radius 3 is 2.45 bits per heavy atom. The Morgan fingerprint density at radius 2 is 1.71 bits per heavy atom. The standard InChI is InChI=1S/C24H26N4O2S/c1-24(21-7-6-19-4-2-3-5-20(19)14-21)22(29)28(23(30)25-24)17-27-11-9-26(10-12-27)15-18-8-13-31-16-18/h2-8,13-14,16H,9-12,15,17H2,1H3,(H,25,30)/t24-/m0/s1. The third-order valence-corrected chi connectivity index (χ3v) is 7.13. The molecule has 6 nitrogen and oxygen atoms in total. The van der Waals surface area contributed by atoms with Crippen molar-refractivity contribution in [2.75, 3.05) is 32.8 Å². The first-order valence-electron chi connectivity index (χ1n) is 10.6. The lowest BCUT2D eigenvalue weighted by Crippen LogP contribution is -2.51. The maximum atomic E-state index is 13.3. The van der Waals surface area contributed by atoms with Gasteiger partial charge in [-0.25, -0.2) is 9.69 Å². The molecule has 3 amide bonds. The number of hydrogen-bond donors (Lipinski definition) is 1. The molecule has 7 heteroatoms. The first kappa shape index (κ1) is 20.2. The summed E-state index contributed by atoms with van der Waals surface area (Å²) in [6.45, 7) is 6.64. The minimum absolute atomic E-state index is 0.187. The molecule has 0 saturated carbocycles. The highest BCUT2D eigenvalue weighted by Gasteiger charge is 2.49. The Bertz CT molecular complexity index is 1110. The summed E-state index contributed by atoms with van der Waals surface area (Å²) in [7, 11) is 0. The summed E-state index contributed by atoms with van der Waals surface area (Å²) < 4.78 is 0. The number of nitrogens with zero attached hydrogens (tertiary/aromatic N) is 3. The maximum Gasteiger partial charge on any atom is 0.326 e. The molecule has 5 rings (SSSR count). The van der Waals surface area contributed by atoms with E-state index in [4.69, 9.17) is 0 Å². The zero-order valence-electron chi connectivity index (χ0n) is 17.6. The second-order valence-corrected chi connectivity index (χ2v) is 9.30. The molecule has 0 aliphatic carbocycles. The molecule has 0 bridgehead atoms. The van der Waals surface area contributed by atoms with E-state index >= 15 is 0 Å². The molecule has 0 radical (unpaired) electrons. The molecule has 2 saturated heterocycles. The Morgan fingerprint density at radius 1 is 0.968 bits per heavy atom. The van der Waals surface area contributed by atoms with E-state index in [0.29, 0.717) is 6.67 Å². The van der Waals surface area contributed by atoms with Gasteiger partial charge >= 0.3 is 6.03 Å². The molecular formula is C24H26N4O2S. The van der Waals surface area contributed by atoms with Crippen LogP contribution >= 0.6 is 11.3 Å². The van der Waals surface area contributed by atoms with Crippen LogP contribution in [0.1, 0.15) is 18.1 Å². The number of imide groups is 1. The Labute approximate surface area is 186 Å². The second-order valence-electron chi connectivity index (χ2n) is 8.52. The smallest absolute Gasteiger partial charge is 0.319 e. The third-order valence-electron chi connectivity index (χ3n) is 6.39. The summed E-state index contributed by atoms with van der Waals surface area (Å²) in [5.74, 6) is -0.187. The minimum Gasteiger partial charge on any atom is -0.319 e. The van der Waals surface area contributed by atoms with Crippen LogP contribution in [0.4, 0.5) is 4.79 Å². The summed E-state index contributed by atoms with van der Waals surface area (Å²) in [5, 5.41) is 9.41. The molecule has 2 aliphatic heterocycles. The van der Waals surface area contributed by atoms with Gasteiger partial charge in [0.25, 0.3) is 5.91 Å². The Kier molecular flexibility index (Phi) is 5.25. The highest BCUT2D eigenvalue weighted by Crippen LogP contribution is 2.31. The van der Waals surface area contributed by atoms with Crippen molar-refractivity contribution in [2.24, 2.45) is 0 Å². The van der Waals surface area contributed by atoms with E-state index in [1.165, 1.54) is 10.5 Å². The first-order chi connectivity index (χ1) is 15.0. The van der Waals surface area contributed by atoms with Crippen molar-refractivity contribution in [3.05, 3.63) is 70.4 Å².